The van der Waals surface area contributed by atoms with Crippen molar-refractivity contribution in [2.45, 2.75) is 17.9 Å². The first-order valence-corrected chi connectivity index (χ1v) is 7.58. The van der Waals surface area contributed by atoms with Gasteiger partial charge in [0.1, 0.15) is 22.3 Å². The normalized spacial score (nSPS) is 13.0. The molecule has 0 saturated heterocycles. The summed E-state index contributed by atoms with van der Waals surface area (Å²) in [5.74, 6) is -4.61. The molecule has 1 aromatic rings. The molecular formula is C12H16F2N2O4S. The van der Waals surface area contributed by atoms with Crippen molar-refractivity contribution in [1.29, 1.82) is 0 Å². The molecular weight excluding hydrogens is 306 g/mol. The van der Waals surface area contributed by atoms with Crippen molar-refractivity contribution in [3.8, 4) is 0 Å². The molecule has 118 valence electrons. The maximum absolute atomic E-state index is 13.6. The lowest BCUT2D eigenvalue weighted by molar-refractivity contribution is -0.119. The van der Waals surface area contributed by atoms with Gasteiger partial charge in [-0.3, -0.25) is 4.79 Å². The van der Waals surface area contributed by atoms with Crippen molar-refractivity contribution in [1.82, 2.24) is 5.32 Å². The first kappa shape index (κ1) is 17.3. The van der Waals surface area contributed by atoms with Crippen LogP contribution in [0.2, 0.25) is 0 Å². The van der Waals surface area contributed by atoms with Gasteiger partial charge in [-0.15, -0.1) is 0 Å². The van der Waals surface area contributed by atoms with E-state index in [4.69, 9.17) is 10.5 Å². The number of amides is 1. The summed E-state index contributed by atoms with van der Waals surface area (Å²) >= 11 is 0. The van der Waals surface area contributed by atoms with Gasteiger partial charge in [0.15, 0.2) is 9.84 Å². The van der Waals surface area contributed by atoms with Gasteiger partial charge in [0.25, 0.3) is 0 Å². The zero-order valence-corrected chi connectivity index (χ0v) is 12.3. The number of carbonyl (C=O) groups is 1. The van der Waals surface area contributed by atoms with Crippen LogP contribution in [0.5, 0.6) is 0 Å². The summed E-state index contributed by atoms with van der Waals surface area (Å²) in [6, 6.07) is 0.932. The second-order valence-electron chi connectivity index (χ2n) is 4.50. The molecule has 0 heterocycles. The predicted octanol–water partition coefficient (Wildman–Crippen LogP) is 0.472. The molecule has 3 N–H and O–H groups in total. The molecule has 1 unspecified atom stereocenters. The summed E-state index contributed by atoms with van der Waals surface area (Å²) < 4.78 is 55.8. The van der Waals surface area contributed by atoms with Crippen molar-refractivity contribution < 1.29 is 26.7 Å². The topological polar surface area (TPSA) is 98.5 Å². The highest BCUT2D eigenvalue weighted by molar-refractivity contribution is 7.92. The van der Waals surface area contributed by atoms with Crippen LogP contribution in [0.25, 0.3) is 0 Å². The summed E-state index contributed by atoms with van der Waals surface area (Å²) in [4.78, 5) is 10.4. The number of ether oxygens (including phenoxy) is 1. The molecule has 1 rings (SSSR count). The van der Waals surface area contributed by atoms with Crippen LogP contribution in [0.1, 0.15) is 6.92 Å². The highest BCUT2D eigenvalue weighted by atomic mass is 32.2. The maximum Gasteiger partial charge on any atom is 0.235 e. The molecule has 0 aromatic heterocycles. The van der Waals surface area contributed by atoms with Gasteiger partial charge in [-0.25, -0.2) is 17.2 Å². The van der Waals surface area contributed by atoms with Crippen LogP contribution in [-0.4, -0.2) is 39.8 Å². The van der Waals surface area contributed by atoms with Gasteiger partial charge in [-0.05, 0) is 19.1 Å². The SMILES string of the molecule is COCC(C)NC(=O)CS(=O)(=O)c1c(F)cc(N)cc1F. The zero-order chi connectivity index (χ0) is 16.2. The lowest BCUT2D eigenvalue weighted by atomic mass is 10.3. The Morgan fingerprint density at radius 2 is 1.90 bits per heavy atom. The molecule has 6 nitrogen and oxygen atoms in total. The molecule has 0 bridgehead atoms. The molecule has 0 aliphatic heterocycles. The van der Waals surface area contributed by atoms with Crippen LogP contribution in [0, 0.1) is 11.6 Å². The fraction of sp³-hybridized carbons (Fsp3) is 0.417. The fourth-order valence-corrected chi connectivity index (χ4v) is 3.01. The van der Waals surface area contributed by atoms with Crippen molar-refractivity contribution >= 4 is 21.4 Å². The molecule has 1 aromatic carbocycles. The van der Waals surface area contributed by atoms with E-state index in [1.807, 2.05) is 0 Å². The van der Waals surface area contributed by atoms with Crippen LogP contribution in [-0.2, 0) is 19.4 Å². The van der Waals surface area contributed by atoms with E-state index in [2.05, 4.69) is 5.32 Å². The van der Waals surface area contributed by atoms with Crippen molar-refractivity contribution in [2.24, 2.45) is 0 Å². The molecule has 9 heteroatoms. The Kier molecular flexibility index (Phi) is 5.62. The summed E-state index contributed by atoms with van der Waals surface area (Å²) in [5, 5.41) is 2.34. The Labute approximate surface area is 121 Å². The Morgan fingerprint density at radius 3 is 2.38 bits per heavy atom. The van der Waals surface area contributed by atoms with E-state index in [1.165, 1.54) is 7.11 Å². The molecule has 1 amide bonds. The smallest absolute Gasteiger partial charge is 0.235 e. The molecule has 0 radical (unpaired) electrons. The maximum atomic E-state index is 13.6. The van der Waals surface area contributed by atoms with Crippen LogP contribution in [0.4, 0.5) is 14.5 Å². The number of nitrogen functional groups attached to an aromatic ring is 1. The number of rotatable bonds is 6. The summed E-state index contributed by atoms with van der Waals surface area (Å²) in [6.45, 7) is 1.77. The molecule has 1 atom stereocenters. The Balaban J connectivity index is 2.95. The highest BCUT2D eigenvalue weighted by Gasteiger charge is 2.27. The van der Waals surface area contributed by atoms with Crippen LogP contribution >= 0.6 is 0 Å². The van der Waals surface area contributed by atoms with E-state index in [1.54, 1.807) is 6.92 Å². The number of hydrogen-bond donors (Lipinski definition) is 2. The summed E-state index contributed by atoms with van der Waals surface area (Å²) in [6.07, 6.45) is 0. The number of methoxy groups -OCH3 is 1. The predicted molar refractivity (Wildman–Crippen MR) is 72.3 cm³/mol. The number of nitrogens with two attached hydrogens (primary N) is 1. The highest BCUT2D eigenvalue weighted by Crippen LogP contribution is 2.22. The number of halogens is 2. The standard InChI is InChI=1S/C12H16F2N2O4S/c1-7(5-20-2)16-11(17)6-21(18,19)12-9(13)3-8(15)4-10(12)14/h3-4,7H,5-6,15H2,1-2H3,(H,16,17). The quantitative estimate of drug-likeness (QED) is 0.742. The van der Waals surface area contributed by atoms with E-state index in [0.717, 1.165) is 0 Å². The Bertz CT molecular complexity index is 611. The van der Waals surface area contributed by atoms with Gasteiger partial charge in [0.2, 0.25) is 5.91 Å². The molecule has 0 fully saturated rings. The van der Waals surface area contributed by atoms with Gasteiger partial charge in [-0.2, -0.15) is 0 Å². The molecule has 0 aliphatic carbocycles. The third kappa shape index (κ3) is 4.64. The van der Waals surface area contributed by atoms with Crippen LogP contribution < -0.4 is 11.1 Å². The fourth-order valence-electron chi connectivity index (χ4n) is 1.73. The van der Waals surface area contributed by atoms with E-state index in [0.29, 0.717) is 12.1 Å². The van der Waals surface area contributed by atoms with E-state index >= 15 is 0 Å². The number of carbonyl (C=O) groups excluding carboxylic acids is 1. The van der Waals surface area contributed by atoms with Gasteiger partial charge < -0.3 is 15.8 Å². The molecule has 0 aliphatic rings. The minimum absolute atomic E-state index is 0.177. The third-order valence-electron chi connectivity index (χ3n) is 2.48. The monoisotopic (exact) mass is 322 g/mol. The number of nitrogens with one attached hydrogen (secondary N) is 1. The average Bonchev–Trinajstić information content (AvgIpc) is 2.25. The van der Waals surface area contributed by atoms with E-state index in [9.17, 15) is 22.0 Å². The number of benzene rings is 1. The van der Waals surface area contributed by atoms with Gasteiger partial charge in [0.05, 0.1) is 6.61 Å². The minimum Gasteiger partial charge on any atom is -0.399 e. The Hall–Kier alpha value is -1.74. The van der Waals surface area contributed by atoms with Crippen molar-refractivity contribution in [3.05, 3.63) is 23.8 Å². The van der Waals surface area contributed by atoms with Crippen molar-refractivity contribution in [2.75, 3.05) is 25.2 Å². The van der Waals surface area contributed by atoms with E-state index < -0.39 is 44.1 Å². The average molecular weight is 322 g/mol. The van der Waals surface area contributed by atoms with Crippen molar-refractivity contribution in [3.63, 3.8) is 0 Å². The third-order valence-corrected chi connectivity index (χ3v) is 4.13. The largest absolute Gasteiger partial charge is 0.399 e. The number of anilines is 1. The van der Waals surface area contributed by atoms with E-state index in [-0.39, 0.29) is 12.3 Å². The minimum atomic E-state index is -4.46. The molecule has 21 heavy (non-hydrogen) atoms. The lowest BCUT2D eigenvalue weighted by Crippen LogP contribution is -2.39. The number of sulfone groups is 1. The molecule has 0 saturated carbocycles. The van der Waals surface area contributed by atoms with Crippen LogP contribution in [0.3, 0.4) is 0 Å². The number of hydrogen-bond acceptors (Lipinski definition) is 5. The Morgan fingerprint density at radius 1 is 1.38 bits per heavy atom. The summed E-state index contributed by atoms with van der Waals surface area (Å²) in [5.41, 5.74) is 4.96. The first-order valence-electron chi connectivity index (χ1n) is 5.93. The van der Waals surface area contributed by atoms with Gasteiger partial charge in [0, 0.05) is 18.8 Å². The first-order chi connectivity index (χ1) is 9.67. The van der Waals surface area contributed by atoms with Gasteiger partial charge >= 0.3 is 0 Å². The zero-order valence-electron chi connectivity index (χ0n) is 11.5. The van der Waals surface area contributed by atoms with Crippen LogP contribution in [0.15, 0.2) is 17.0 Å². The second kappa shape index (κ2) is 6.81. The van der Waals surface area contributed by atoms with Gasteiger partial charge in [-0.1, -0.05) is 0 Å². The molecule has 0 spiro atoms. The lowest BCUT2D eigenvalue weighted by Gasteiger charge is -2.13. The second-order valence-corrected chi connectivity index (χ2v) is 6.42. The summed E-state index contributed by atoms with van der Waals surface area (Å²) in [7, 11) is -3.04.